The van der Waals surface area contributed by atoms with Crippen LogP contribution in [0.4, 0.5) is 5.69 Å². The molecule has 2 aromatic carbocycles. The second-order valence-corrected chi connectivity index (χ2v) is 6.56. The van der Waals surface area contributed by atoms with Crippen molar-refractivity contribution in [2.75, 3.05) is 7.05 Å². The Bertz CT molecular complexity index is 842. The first kappa shape index (κ1) is 20.4. The molecule has 142 valence electrons. The van der Waals surface area contributed by atoms with E-state index in [0.29, 0.717) is 10.6 Å². The number of nitrogens with zero attached hydrogens (tertiary/aromatic N) is 2. The number of halogens is 1. The predicted molar refractivity (Wildman–Crippen MR) is 102 cm³/mol. The Hall–Kier alpha value is -2.93. The lowest BCUT2D eigenvalue weighted by Gasteiger charge is -2.23. The van der Waals surface area contributed by atoms with Crippen molar-refractivity contribution in [1.29, 1.82) is 0 Å². The molecule has 0 heterocycles. The molecule has 7 nitrogen and oxygen atoms in total. The van der Waals surface area contributed by atoms with Crippen LogP contribution < -0.4 is 5.32 Å². The summed E-state index contributed by atoms with van der Waals surface area (Å²) in [6.07, 6.45) is 0.0621. The molecule has 0 aliphatic carbocycles. The summed E-state index contributed by atoms with van der Waals surface area (Å²) in [6, 6.07) is 12.9. The summed E-state index contributed by atoms with van der Waals surface area (Å²) in [5.41, 5.74) is 1.22. The van der Waals surface area contributed by atoms with Crippen molar-refractivity contribution in [2.24, 2.45) is 0 Å². The average molecular weight is 390 g/mol. The molecule has 27 heavy (non-hydrogen) atoms. The molecule has 0 aliphatic heterocycles. The Morgan fingerprint density at radius 2 is 1.89 bits per heavy atom. The third kappa shape index (κ3) is 5.79. The molecule has 1 atom stereocenters. The van der Waals surface area contributed by atoms with E-state index in [2.05, 4.69) is 5.32 Å². The summed E-state index contributed by atoms with van der Waals surface area (Å²) in [7, 11) is 1.59. The minimum atomic E-state index is -0.510. The molecule has 1 unspecified atom stereocenters. The summed E-state index contributed by atoms with van der Waals surface area (Å²) in [6.45, 7) is 1.52. The van der Waals surface area contributed by atoms with Gasteiger partial charge in [-0.05, 0) is 17.2 Å². The Morgan fingerprint density at radius 3 is 2.48 bits per heavy atom. The molecule has 0 fully saturated rings. The quantitative estimate of drug-likeness (QED) is 0.579. The normalized spacial score (nSPS) is 11.5. The van der Waals surface area contributed by atoms with Gasteiger partial charge in [0.2, 0.25) is 11.8 Å². The maximum absolute atomic E-state index is 12.6. The van der Waals surface area contributed by atoms with Crippen LogP contribution >= 0.6 is 11.6 Å². The van der Waals surface area contributed by atoms with Gasteiger partial charge in [0.05, 0.1) is 17.4 Å². The van der Waals surface area contributed by atoms with Gasteiger partial charge in [0.25, 0.3) is 5.69 Å². The van der Waals surface area contributed by atoms with Crippen LogP contribution in [-0.2, 0) is 16.1 Å². The molecule has 0 radical (unpaired) electrons. The van der Waals surface area contributed by atoms with E-state index in [1.165, 1.54) is 30.0 Å². The number of rotatable bonds is 7. The summed E-state index contributed by atoms with van der Waals surface area (Å²) < 4.78 is 0. The highest BCUT2D eigenvalue weighted by Gasteiger charge is 2.20. The number of hydrogen-bond acceptors (Lipinski definition) is 4. The van der Waals surface area contributed by atoms with E-state index in [-0.39, 0.29) is 30.5 Å². The minimum Gasteiger partial charge on any atom is -0.349 e. The number of nitro groups is 1. The van der Waals surface area contributed by atoms with Crippen LogP contribution in [0, 0.1) is 10.1 Å². The first-order valence-electron chi connectivity index (χ1n) is 8.26. The molecule has 1 N–H and O–H groups in total. The first-order valence-corrected chi connectivity index (χ1v) is 8.64. The van der Waals surface area contributed by atoms with Gasteiger partial charge in [-0.15, -0.1) is 0 Å². The molecule has 2 amide bonds. The van der Waals surface area contributed by atoms with Gasteiger partial charge in [0.1, 0.15) is 0 Å². The topological polar surface area (TPSA) is 92.6 Å². The number of non-ortho nitro benzene ring substituents is 1. The summed E-state index contributed by atoms with van der Waals surface area (Å²) in [5, 5.41) is 14.1. The fraction of sp³-hybridized carbons (Fsp3) is 0.263. The predicted octanol–water partition coefficient (Wildman–Crippen LogP) is 3.47. The lowest BCUT2D eigenvalue weighted by Crippen LogP contribution is -2.33. The third-order valence-electron chi connectivity index (χ3n) is 4.03. The zero-order chi connectivity index (χ0) is 20.0. The Labute approximate surface area is 162 Å². The van der Waals surface area contributed by atoms with Crippen LogP contribution in [0.15, 0.2) is 48.5 Å². The van der Waals surface area contributed by atoms with E-state index in [9.17, 15) is 19.7 Å². The van der Waals surface area contributed by atoms with Gasteiger partial charge in [-0.2, -0.15) is 0 Å². The van der Waals surface area contributed by atoms with Crippen molar-refractivity contribution in [1.82, 2.24) is 10.2 Å². The molecule has 8 heteroatoms. The Morgan fingerprint density at radius 1 is 1.22 bits per heavy atom. The van der Waals surface area contributed by atoms with Crippen LogP contribution in [0.3, 0.4) is 0 Å². The average Bonchev–Trinajstić information content (AvgIpc) is 2.63. The van der Waals surface area contributed by atoms with E-state index in [1.807, 2.05) is 30.3 Å². The highest BCUT2D eigenvalue weighted by atomic mass is 35.5. The van der Waals surface area contributed by atoms with E-state index in [0.717, 1.165) is 5.56 Å². The van der Waals surface area contributed by atoms with Crippen LogP contribution in [0.5, 0.6) is 0 Å². The lowest BCUT2D eigenvalue weighted by atomic mass is 10.0. The molecule has 0 aromatic heterocycles. The van der Waals surface area contributed by atoms with Gasteiger partial charge in [0, 0.05) is 37.7 Å². The maximum atomic E-state index is 12.6. The van der Waals surface area contributed by atoms with Crippen LogP contribution in [0.2, 0.25) is 5.02 Å². The van der Waals surface area contributed by atoms with Crippen molar-refractivity contribution in [3.63, 3.8) is 0 Å². The number of benzene rings is 2. The molecule has 0 saturated carbocycles. The van der Waals surface area contributed by atoms with E-state index >= 15 is 0 Å². The Balaban J connectivity index is 2.12. The number of carbonyl (C=O) groups excluding carboxylic acids is 2. The number of nitro benzene ring substituents is 1. The fourth-order valence-electron chi connectivity index (χ4n) is 2.65. The van der Waals surface area contributed by atoms with Crippen molar-refractivity contribution in [3.05, 3.63) is 74.8 Å². The van der Waals surface area contributed by atoms with Gasteiger partial charge in [-0.3, -0.25) is 19.7 Å². The van der Waals surface area contributed by atoms with Crippen LogP contribution in [0.25, 0.3) is 0 Å². The lowest BCUT2D eigenvalue weighted by molar-refractivity contribution is -0.384. The van der Waals surface area contributed by atoms with Gasteiger partial charge >= 0.3 is 0 Å². The number of hydrogen-bond donors (Lipinski definition) is 1. The molecule has 0 aliphatic rings. The molecular weight excluding hydrogens is 370 g/mol. The van der Waals surface area contributed by atoms with Gasteiger partial charge < -0.3 is 10.2 Å². The summed E-state index contributed by atoms with van der Waals surface area (Å²) in [5.74, 6) is -0.457. The molecule has 0 spiro atoms. The second-order valence-electron chi connectivity index (χ2n) is 6.15. The fourth-order valence-corrected chi connectivity index (χ4v) is 2.83. The zero-order valence-corrected chi connectivity index (χ0v) is 15.8. The van der Waals surface area contributed by atoms with Gasteiger partial charge in [-0.1, -0.05) is 41.9 Å². The Kier molecular flexibility index (Phi) is 6.90. The number of carbonyl (C=O) groups is 2. The van der Waals surface area contributed by atoms with Crippen LogP contribution in [-0.4, -0.2) is 28.7 Å². The highest BCUT2D eigenvalue weighted by Crippen LogP contribution is 2.24. The van der Waals surface area contributed by atoms with Crippen molar-refractivity contribution < 1.29 is 14.5 Å². The largest absolute Gasteiger partial charge is 0.349 e. The van der Waals surface area contributed by atoms with E-state index in [4.69, 9.17) is 11.6 Å². The third-order valence-corrected chi connectivity index (χ3v) is 4.40. The van der Waals surface area contributed by atoms with Gasteiger partial charge in [0.15, 0.2) is 0 Å². The minimum absolute atomic E-state index is 0.0621. The standard InChI is InChI=1S/C19H20ClN3O4/c1-13(24)21-18(14-6-4-3-5-7-14)11-19(25)22(2)12-15-10-16(23(26)27)8-9-17(15)20/h3-10,18H,11-12H2,1-2H3,(H,21,24). The summed E-state index contributed by atoms with van der Waals surface area (Å²) >= 11 is 6.10. The van der Waals surface area contributed by atoms with Crippen LogP contribution in [0.1, 0.15) is 30.5 Å². The van der Waals surface area contributed by atoms with E-state index in [1.54, 1.807) is 7.05 Å². The van der Waals surface area contributed by atoms with Crippen molar-refractivity contribution in [3.8, 4) is 0 Å². The van der Waals surface area contributed by atoms with Crippen molar-refractivity contribution >= 4 is 29.1 Å². The molecule has 2 rings (SSSR count). The number of amides is 2. The second kappa shape index (κ2) is 9.14. The number of nitrogens with one attached hydrogen (secondary N) is 1. The van der Waals surface area contributed by atoms with E-state index < -0.39 is 11.0 Å². The highest BCUT2D eigenvalue weighted by molar-refractivity contribution is 6.31. The first-order chi connectivity index (χ1) is 12.8. The monoisotopic (exact) mass is 389 g/mol. The van der Waals surface area contributed by atoms with Crippen molar-refractivity contribution in [2.45, 2.75) is 25.9 Å². The molecule has 2 aromatic rings. The molecular formula is C19H20ClN3O4. The molecule has 0 bridgehead atoms. The maximum Gasteiger partial charge on any atom is 0.269 e. The van der Waals surface area contributed by atoms with Gasteiger partial charge in [-0.25, -0.2) is 0 Å². The summed E-state index contributed by atoms with van der Waals surface area (Å²) in [4.78, 5) is 36.0. The SMILES string of the molecule is CC(=O)NC(CC(=O)N(C)Cc1cc([N+](=O)[O-])ccc1Cl)c1ccccc1. The zero-order valence-electron chi connectivity index (χ0n) is 15.0. The molecule has 0 saturated heterocycles. The smallest absolute Gasteiger partial charge is 0.269 e.